The number of alkyl halides is 3. The van der Waals surface area contributed by atoms with Gasteiger partial charge in [0.2, 0.25) is 5.75 Å². The molecule has 1 saturated heterocycles. The highest BCUT2D eigenvalue weighted by atomic mass is 19.4. The number of carboxylic acid groups (broad SMARTS) is 1. The average molecular weight is 487 g/mol. The van der Waals surface area contributed by atoms with Crippen LogP contribution in [0.4, 0.5) is 13.2 Å². The Hall–Kier alpha value is -3.78. The molecule has 1 aromatic heterocycles. The van der Waals surface area contributed by atoms with Crippen LogP contribution >= 0.6 is 0 Å². The first-order chi connectivity index (χ1) is 16.0. The highest BCUT2D eigenvalue weighted by molar-refractivity contribution is 5.94. The van der Waals surface area contributed by atoms with Crippen molar-refractivity contribution in [1.82, 2.24) is 14.9 Å². The number of nitrogens with zero attached hydrogens (tertiary/aromatic N) is 2. The van der Waals surface area contributed by atoms with Gasteiger partial charge in [0.15, 0.2) is 5.69 Å². The molecule has 1 unspecified atom stereocenters. The average Bonchev–Trinajstić information content (AvgIpc) is 2.82. The molecule has 1 fully saturated rings. The van der Waals surface area contributed by atoms with Crippen LogP contribution in [0.1, 0.15) is 32.7 Å². The quantitative estimate of drug-likeness (QED) is 0.601. The number of aromatic nitrogens is 2. The monoisotopic (exact) mass is 487 g/mol. The third-order valence-electron chi connectivity index (χ3n) is 4.34. The van der Waals surface area contributed by atoms with Gasteiger partial charge in [-0.3, -0.25) is 9.36 Å². The van der Waals surface area contributed by atoms with E-state index in [0.717, 1.165) is 7.11 Å². The molecule has 14 heteroatoms. The van der Waals surface area contributed by atoms with Crippen LogP contribution in [-0.2, 0) is 21.3 Å². The second kappa shape index (κ2) is 11.4. The Balaban J connectivity index is 0.000000509. The van der Waals surface area contributed by atoms with Crippen molar-refractivity contribution in [2.45, 2.75) is 12.2 Å². The maximum Gasteiger partial charge on any atom is 0.490 e. The Labute approximate surface area is 190 Å². The summed E-state index contributed by atoms with van der Waals surface area (Å²) in [5.41, 5.74) is -0.786. The normalized spacial score (nSPS) is 15.5. The fraction of sp³-hybridized carbons (Fsp3) is 0.350. The molecular weight excluding hydrogens is 467 g/mol. The number of esters is 2. The zero-order valence-corrected chi connectivity index (χ0v) is 17.9. The van der Waals surface area contributed by atoms with Crippen LogP contribution in [0.2, 0.25) is 0 Å². The van der Waals surface area contributed by atoms with Gasteiger partial charge in [-0.2, -0.15) is 13.2 Å². The molecular formula is C20H20F3N3O8. The smallest absolute Gasteiger partial charge is 0.475 e. The summed E-state index contributed by atoms with van der Waals surface area (Å²) >= 11 is 0. The third-order valence-corrected chi connectivity index (χ3v) is 4.34. The van der Waals surface area contributed by atoms with Gasteiger partial charge < -0.3 is 24.6 Å². The molecule has 34 heavy (non-hydrogen) atoms. The van der Waals surface area contributed by atoms with Crippen molar-refractivity contribution in [3.05, 3.63) is 57.8 Å². The maximum absolute atomic E-state index is 12.8. The van der Waals surface area contributed by atoms with Gasteiger partial charge in [0.1, 0.15) is 5.82 Å². The van der Waals surface area contributed by atoms with Crippen molar-refractivity contribution in [1.29, 1.82) is 0 Å². The number of morpholine rings is 1. The maximum atomic E-state index is 12.8. The summed E-state index contributed by atoms with van der Waals surface area (Å²) in [7, 11) is 2.65. The van der Waals surface area contributed by atoms with Crippen LogP contribution in [0.15, 0.2) is 35.1 Å². The van der Waals surface area contributed by atoms with E-state index in [9.17, 15) is 27.6 Å². The summed E-state index contributed by atoms with van der Waals surface area (Å²) in [6.45, 7) is 1.42. The van der Waals surface area contributed by atoms with E-state index in [1.165, 1.54) is 23.7 Å². The first-order valence-electron chi connectivity index (χ1n) is 9.55. The van der Waals surface area contributed by atoms with Gasteiger partial charge in [-0.05, 0) is 12.1 Å². The van der Waals surface area contributed by atoms with Crippen molar-refractivity contribution in [2.24, 2.45) is 7.05 Å². The number of carbonyl (C=O) groups excluding carboxylic acids is 2. The highest BCUT2D eigenvalue weighted by Gasteiger charge is 2.38. The number of aliphatic carboxylic acids is 1. The number of rotatable bonds is 4. The summed E-state index contributed by atoms with van der Waals surface area (Å²) in [5, 5.41) is 10.3. The van der Waals surface area contributed by atoms with E-state index in [0.29, 0.717) is 25.6 Å². The summed E-state index contributed by atoms with van der Waals surface area (Å²) < 4.78 is 48.3. The van der Waals surface area contributed by atoms with Crippen LogP contribution in [0.5, 0.6) is 5.75 Å². The molecule has 184 valence electrons. The van der Waals surface area contributed by atoms with Gasteiger partial charge in [-0.1, -0.05) is 18.2 Å². The molecule has 2 heterocycles. The number of methoxy groups -OCH3 is 1. The summed E-state index contributed by atoms with van der Waals surface area (Å²) in [5.74, 6) is -4.58. The number of carboxylic acids is 1. The number of benzene rings is 1. The Bertz CT molecular complexity index is 1100. The largest absolute Gasteiger partial charge is 0.490 e. The zero-order valence-electron chi connectivity index (χ0n) is 17.9. The molecule has 1 aromatic carbocycles. The second-order valence-electron chi connectivity index (χ2n) is 6.64. The third kappa shape index (κ3) is 6.62. The van der Waals surface area contributed by atoms with E-state index in [1.54, 1.807) is 18.2 Å². The molecule has 0 bridgehead atoms. The predicted molar refractivity (Wildman–Crippen MR) is 107 cm³/mol. The van der Waals surface area contributed by atoms with Crippen molar-refractivity contribution in [3.8, 4) is 5.75 Å². The number of hydrogen-bond donors (Lipinski definition) is 2. The molecule has 3 rings (SSSR count). The van der Waals surface area contributed by atoms with E-state index in [4.69, 9.17) is 24.1 Å². The lowest BCUT2D eigenvalue weighted by atomic mass is 10.2. The fourth-order valence-corrected chi connectivity index (χ4v) is 2.69. The summed E-state index contributed by atoms with van der Waals surface area (Å²) in [6, 6.07) is 7.76. The van der Waals surface area contributed by atoms with E-state index in [1.807, 2.05) is 0 Å². The minimum atomic E-state index is -5.08. The van der Waals surface area contributed by atoms with Crippen LogP contribution in [-0.4, -0.2) is 65.6 Å². The summed E-state index contributed by atoms with van der Waals surface area (Å²) in [4.78, 5) is 50.5. The van der Waals surface area contributed by atoms with E-state index >= 15 is 0 Å². The molecule has 0 radical (unpaired) electrons. The van der Waals surface area contributed by atoms with E-state index in [2.05, 4.69) is 10.3 Å². The number of ether oxygens (including phenoxy) is 3. The number of carbonyl (C=O) groups is 3. The SMILES string of the molecule is COC(=O)c1nc(C2COCCN2)n(C)c(=O)c1OC(=O)c1ccccc1.O=C(O)C(F)(F)F. The van der Waals surface area contributed by atoms with Crippen LogP contribution in [0.25, 0.3) is 0 Å². The Morgan fingerprint density at radius 3 is 2.32 bits per heavy atom. The van der Waals surface area contributed by atoms with Crippen LogP contribution in [0.3, 0.4) is 0 Å². The van der Waals surface area contributed by atoms with Crippen LogP contribution < -0.4 is 15.6 Å². The molecule has 11 nitrogen and oxygen atoms in total. The molecule has 0 aliphatic carbocycles. The number of nitrogens with one attached hydrogen (secondary N) is 1. The van der Waals surface area contributed by atoms with Gasteiger partial charge in [0.25, 0.3) is 5.56 Å². The zero-order chi connectivity index (χ0) is 25.5. The van der Waals surface area contributed by atoms with Gasteiger partial charge in [0.05, 0.1) is 31.9 Å². The molecule has 0 spiro atoms. The lowest BCUT2D eigenvalue weighted by Gasteiger charge is -2.25. The predicted octanol–water partition coefficient (Wildman–Crippen LogP) is 1.08. The second-order valence-corrected chi connectivity index (χ2v) is 6.64. The Morgan fingerprint density at radius 2 is 1.82 bits per heavy atom. The van der Waals surface area contributed by atoms with Gasteiger partial charge in [-0.15, -0.1) is 0 Å². The molecule has 2 aromatic rings. The van der Waals surface area contributed by atoms with Crippen LogP contribution in [0, 0.1) is 0 Å². The number of hydrogen-bond acceptors (Lipinski definition) is 9. The minimum Gasteiger partial charge on any atom is -0.475 e. The highest BCUT2D eigenvalue weighted by Crippen LogP contribution is 2.19. The molecule has 1 atom stereocenters. The first-order valence-corrected chi connectivity index (χ1v) is 9.55. The lowest BCUT2D eigenvalue weighted by Crippen LogP contribution is -2.40. The molecule has 0 saturated carbocycles. The van der Waals surface area contributed by atoms with E-state index in [-0.39, 0.29) is 17.3 Å². The first kappa shape index (κ1) is 26.5. The minimum absolute atomic E-state index is 0.238. The lowest BCUT2D eigenvalue weighted by molar-refractivity contribution is -0.192. The van der Waals surface area contributed by atoms with Crippen molar-refractivity contribution in [3.63, 3.8) is 0 Å². The summed E-state index contributed by atoms with van der Waals surface area (Å²) in [6.07, 6.45) is -5.08. The standard InChI is InChI=1S/C18H19N3O6.C2HF3O2/c1-21-15(12-10-26-9-8-19-12)20-13(18(24)25-2)14(16(21)22)27-17(23)11-6-4-3-5-7-11;3-2(4,5)1(6)7/h3-7,12,19H,8-10H2,1-2H3;(H,6,7). The van der Waals surface area contributed by atoms with Crippen molar-refractivity contribution >= 4 is 17.9 Å². The Morgan fingerprint density at radius 1 is 1.21 bits per heavy atom. The molecule has 0 amide bonds. The molecule has 1 aliphatic rings. The van der Waals surface area contributed by atoms with Crippen molar-refractivity contribution in [2.75, 3.05) is 26.9 Å². The van der Waals surface area contributed by atoms with E-state index < -0.39 is 35.4 Å². The molecule has 1 aliphatic heterocycles. The number of halogens is 3. The van der Waals surface area contributed by atoms with Gasteiger partial charge in [-0.25, -0.2) is 19.4 Å². The molecule has 2 N–H and O–H groups in total. The topological polar surface area (TPSA) is 146 Å². The Kier molecular flexibility index (Phi) is 8.86. The van der Waals surface area contributed by atoms with Gasteiger partial charge >= 0.3 is 24.1 Å². The fourth-order valence-electron chi connectivity index (χ4n) is 2.69. The van der Waals surface area contributed by atoms with Crippen molar-refractivity contribution < 1.29 is 46.9 Å². The van der Waals surface area contributed by atoms with Gasteiger partial charge in [0, 0.05) is 13.6 Å².